The van der Waals surface area contributed by atoms with E-state index in [4.69, 9.17) is 0 Å². The Kier molecular flexibility index (Phi) is 3.51. The van der Waals surface area contributed by atoms with Crippen molar-refractivity contribution in [2.45, 2.75) is 13.8 Å². The molecule has 2 aromatic heterocycles. The van der Waals surface area contributed by atoms with Gasteiger partial charge in [-0.25, -0.2) is 4.98 Å². The summed E-state index contributed by atoms with van der Waals surface area (Å²) in [4.78, 5) is 9.53. The molecule has 3 nitrogen and oxygen atoms in total. The number of hydrogen-bond acceptors (Lipinski definition) is 4. The van der Waals surface area contributed by atoms with E-state index in [1.807, 2.05) is 18.3 Å². The summed E-state index contributed by atoms with van der Waals surface area (Å²) in [5.74, 6) is 0.633. The first-order valence-electron chi connectivity index (χ1n) is 5.36. The van der Waals surface area contributed by atoms with Crippen LogP contribution >= 0.6 is 11.3 Å². The van der Waals surface area contributed by atoms with Crippen molar-refractivity contribution in [3.8, 4) is 10.4 Å². The van der Waals surface area contributed by atoms with Crippen LogP contribution in [0.1, 0.15) is 13.8 Å². The fourth-order valence-corrected chi connectivity index (χ4v) is 2.13. The van der Waals surface area contributed by atoms with E-state index >= 15 is 0 Å². The van der Waals surface area contributed by atoms with Crippen LogP contribution in [0, 0.1) is 5.92 Å². The average molecular weight is 233 g/mol. The largest absolute Gasteiger partial charge is 0.361 e. The van der Waals surface area contributed by atoms with Gasteiger partial charge in [0.25, 0.3) is 0 Å². The minimum atomic E-state index is 0.633. The molecular formula is C12H15N3S. The highest BCUT2D eigenvalue weighted by Crippen LogP contribution is 2.28. The first-order chi connectivity index (χ1) is 7.75. The second kappa shape index (κ2) is 5.07. The summed E-state index contributed by atoms with van der Waals surface area (Å²) in [7, 11) is 0. The second-order valence-electron chi connectivity index (χ2n) is 4.04. The summed E-state index contributed by atoms with van der Waals surface area (Å²) in [6, 6.07) is 4.00. The van der Waals surface area contributed by atoms with E-state index in [1.54, 1.807) is 23.7 Å². The number of pyridine rings is 1. The van der Waals surface area contributed by atoms with Gasteiger partial charge in [-0.1, -0.05) is 25.2 Å². The molecule has 16 heavy (non-hydrogen) atoms. The number of aromatic nitrogens is 2. The van der Waals surface area contributed by atoms with E-state index in [0.29, 0.717) is 5.92 Å². The lowest BCUT2D eigenvalue weighted by molar-refractivity contribution is 0.688. The number of anilines is 1. The van der Waals surface area contributed by atoms with Crippen molar-refractivity contribution in [3.63, 3.8) is 0 Å². The Morgan fingerprint density at radius 2 is 2.06 bits per heavy atom. The molecule has 0 saturated heterocycles. The van der Waals surface area contributed by atoms with Crippen LogP contribution in [0.15, 0.2) is 30.7 Å². The van der Waals surface area contributed by atoms with Gasteiger partial charge in [0.2, 0.25) is 0 Å². The minimum absolute atomic E-state index is 0.633. The Balaban J connectivity index is 2.08. The Bertz CT molecular complexity index is 437. The van der Waals surface area contributed by atoms with Crippen LogP contribution in [-0.4, -0.2) is 16.5 Å². The van der Waals surface area contributed by atoms with E-state index < -0.39 is 0 Å². The first-order valence-corrected chi connectivity index (χ1v) is 6.17. The molecule has 0 aliphatic heterocycles. The van der Waals surface area contributed by atoms with Crippen LogP contribution in [0.2, 0.25) is 0 Å². The molecule has 0 aliphatic carbocycles. The molecule has 0 amide bonds. The lowest BCUT2D eigenvalue weighted by Crippen LogP contribution is -2.07. The SMILES string of the molecule is CC(C)CNc1ncc(-c2ccncc2)s1. The van der Waals surface area contributed by atoms with Gasteiger partial charge in [0.15, 0.2) is 5.13 Å². The lowest BCUT2D eigenvalue weighted by atomic mass is 10.2. The molecule has 1 N–H and O–H groups in total. The average Bonchev–Trinajstić information content (AvgIpc) is 2.76. The minimum Gasteiger partial charge on any atom is -0.361 e. The Morgan fingerprint density at radius 1 is 1.31 bits per heavy atom. The van der Waals surface area contributed by atoms with Crippen molar-refractivity contribution >= 4 is 16.5 Å². The van der Waals surface area contributed by atoms with E-state index in [9.17, 15) is 0 Å². The van der Waals surface area contributed by atoms with Gasteiger partial charge in [-0.05, 0) is 23.6 Å². The highest BCUT2D eigenvalue weighted by atomic mass is 32.1. The van der Waals surface area contributed by atoms with Gasteiger partial charge in [-0.3, -0.25) is 4.98 Å². The summed E-state index contributed by atoms with van der Waals surface area (Å²) in [6.07, 6.45) is 5.51. The monoisotopic (exact) mass is 233 g/mol. The highest BCUT2D eigenvalue weighted by molar-refractivity contribution is 7.18. The maximum absolute atomic E-state index is 4.35. The van der Waals surface area contributed by atoms with Crippen LogP contribution in [0.3, 0.4) is 0 Å². The number of nitrogens with zero attached hydrogens (tertiary/aromatic N) is 2. The zero-order chi connectivity index (χ0) is 11.4. The Morgan fingerprint density at radius 3 is 2.75 bits per heavy atom. The normalized spacial score (nSPS) is 10.7. The number of rotatable bonds is 4. The lowest BCUT2D eigenvalue weighted by Gasteiger charge is -2.04. The summed E-state index contributed by atoms with van der Waals surface area (Å²) >= 11 is 1.68. The van der Waals surface area contributed by atoms with Gasteiger partial charge in [-0.2, -0.15) is 0 Å². The van der Waals surface area contributed by atoms with Gasteiger partial charge in [0, 0.05) is 25.1 Å². The molecule has 0 spiro atoms. The molecule has 0 unspecified atom stereocenters. The van der Waals surface area contributed by atoms with Gasteiger partial charge in [0.1, 0.15) is 0 Å². The van der Waals surface area contributed by atoms with Crippen LogP contribution in [0.5, 0.6) is 0 Å². The summed E-state index contributed by atoms with van der Waals surface area (Å²) in [5.41, 5.74) is 1.17. The number of thiazole rings is 1. The molecule has 2 rings (SSSR count). The Labute approximate surface area is 99.6 Å². The van der Waals surface area contributed by atoms with Crippen LogP contribution in [0.25, 0.3) is 10.4 Å². The topological polar surface area (TPSA) is 37.8 Å². The zero-order valence-electron chi connectivity index (χ0n) is 9.47. The standard InChI is InChI=1S/C12H15N3S/c1-9(2)7-14-12-15-8-11(16-12)10-3-5-13-6-4-10/h3-6,8-9H,7H2,1-2H3,(H,14,15). The van der Waals surface area contributed by atoms with E-state index in [0.717, 1.165) is 11.7 Å². The molecule has 0 atom stereocenters. The van der Waals surface area contributed by atoms with Crippen molar-refractivity contribution in [1.29, 1.82) is 0 Å². The molecule has 0 saturated carbocycles. The van der Waals surface area contributed by atoms with Crippen molar-refractivity contribution in [2.24, 2.45) is 5.92 Å². The Hall–Kier alpha value is -1.42. The fourth-order valence-electron chi connectivity index (χ4n) is 1.30. The maximum Gasteiger partial charge on any atom is 0.183 e. The molecule has 0 radical (unpaired) electrons. The van der Waals surface area contributed by atoms with Gasteiger partial charge < -0.3 is 5.32 Å². The van der Waals surface area contributed by atoms with Gasteiger partial charge in [0.05, 0.1) is 4.88 Å². The van der Waals surface area contributed by atoms with Gasteiger partial charge >= 0.3 is 0 Å². The third-order valence-corrected chi connectivity index (χ3v) is 3.14. The van der Waals surface area contributed by atoms with Crippen molar-refractivity contribution in [3.05, 3.63) is 30.7 Å². The first kappa shape index (κ1) is 11.1. The van der Waals surface area contributed by atoms with Crippen LogP contribution < -0.4 is 5.32 Å². The maximum atomic E-state index is 4.35. The molecule has 4 heteroatoms. The smallest absolute Gasteiger partial charge is 0.183 e. The molecule has 0 fully saturated rings. The molecule has 2 aromatic rings. The van der Waals surface area contributed by atoms with Crippen molar-refractivity contribution < 1.29 is 0 Å². The number of nitrogens with one attached hydrogen (secondary N) is 1. The summed E-state index contributed by atoms with van der Waals surface area (Å²) in [5, 5.41) is 4.31. The third kappa shape index (κ3) is 2.79. The van der Waals surface area contributed by atoms with E-state index in [1.165, 1.54) is 10.4 Å². The van der Waals surface area contributed by atoms with Crippen LogP contribution in [-0.2, 0) is 0 Å². The predicted octanol–water partition coefficient (Wildman–Crippen LogP) is 3.27. The van der Waals surface area contributed by atoms with Crippen LogP contribution in [0.4, 0.5) is 5.13 Å². The van der Waals surface area contributed by atoms with E-state index in [-0.39, 0.29) is 0 Å². The highest BCUT2D eigenvalue weighted by Gasteiger charge is 2.04. The number of hydrogen-bond donors (Lipinski definition) is 1. The summed E-state index contributed by atoms with van der Waals surface area (Å²) < 4.78 is 0. The molecule has 0 aromatic carbocycles. The quantitative estimate of drug-likeness (QED) is 0.880. The summed E-state index contributed by atoms with van der Waals surface area (Å²) in [6.45, 7) is 5.33. The molecule has 0 aliphatic rings. The molecular weight excluding hydrogens is 218 g/mol. The predicted molar refractivity (Wildman–Crippen MR) is 68.7 cm³/mol. The molecule has 84 valence electrons. The third-order valence-electron chi connectivity index (χ3n) is 2.13. The second-order valence-corrected chi connectivity index (χ2v) is 5.07. The zero-order valence-corrected chi connectivity index (χ0v) is 10.3. The van der Waals surface area contributed by atoms with E-state index in [2.05, 4.69) is 29.1 Å². The molecule has 2 heterocycles. The molecule has 0 bridgehead atoms. The van der Waals surface area contributed by atoms with Gasteiger partial charge in [-0.15, -0.1) is 0 Å². The fraction of sp³-hybridized carbons (Fsp3) is 0.333. The van der Waals surface area contributed by atoms with Crippen molar-refractivity contribution in [2.75, 3.05) is 11.9 Å². The van der Waals surface area contributed by atoms with Crippen molar-refractivity contribution in [1.82, 2.24) is 9.97 Å².